The van der Waals surface area contributed by atoms with Crippen molar-refractivity contribution in [3.63, 3.8) is 0 Å². The van der Waals surface area contributed by atoms with Crippen LogP contribution in [-0.2, 0) is 0 Å². The molecule has 0 radical (unpaired) electrons. The average Bonchev–Trinajstić information content (AvgIpc) is 2.49. The Hall–Kier alpha value is -1.22. The van der Waals surface area contributed by atoms with E-state index in [2.05, 4.69) is 35.3 Å². The molecule has 0 saturated heterocycles. The fourth-order valence-corrected chi connectivity index (χ4v) is 1.65. The highest BCUT2D eigenvalue weighted by atomic mass is 16.3. The number of hydrogen-bond donors (Lipinski definition) is 2. The first-order valence-electron chi connectivity index (χ1n) is 4.51. The Balaban J connectivity index is 2.27. The number of aliphatic hydroxyl groups is 1. The Labute approximate surface area is 78.0 Å². The standard InChI is InChI=1S/C10H14N2O/c1-8-2-3-10-9(6-8)11-7-12(10)4-5-13/h2-3,6,11,13H,4-5,7H2,1H3. The Morgan fingerprint density at radius 2 is 2.38 bits per heavy atom. The van der Waals surface area contributed by atoms with Gasteiger partial charge in [0, 0.05) is 6.54 Å². The SMILES string of the molecule is Cc1ccc2c(c1)NCN2CCO. The van der Waals surface area contributed by atoms with E-state index in [1.54, 1.807) is 0 Å². The molecule has 0 fully saturated rings. The molecule has 0 bridgehead atoms. The van der Waals surface area contributed by atoms with Gasteiger partial charge in [0.2, 0.25) is 0 Å². The topological polar surface area (TPSA) is 35.5 Å². The van der Waals surface area contributed by atoms with E-state index in [1.807, 2.05) is 0 Å². The molecule has 70 valence electrons. The monoisotopic (exact) mass is 178 g/mol. The van der Waals surface area contributed by atoms with Crippen LogP contribution in [0.25, 0.3) is 0 Å². The third-order valence-electron chi connectivity index (χ3n) is 2.32. The van der Waals surface area contributed by atoms with Crippen LogP contribution in [0.4, 0.5) is 11.4 Å². The van der Waals surface area contributed by atoms with Crippen LogP contribution in [0.3, 0.4) is 0 Å². The minimum absolute atomic E-state index is 0.203. The number of anilines is 2. The third kappa shape index (κ3) is 1.47. The lowest BCUT2D eigenvalue weighted by atomic mass is 10.2. The van der Waals surface area contributed by atoms with Crippen LogP contribution in [0, 0.1) is 6.92 Å². The van der Waals surface area contributed by atoms with Crippen molar-refractivity contribution in [2.45, 2.75) is 6.92 Å². The Morgan fingerprint density at radius 1 is 1.54 bits per heavy atom. The molecule has 1 aliphatic rings. The fourth-order valence-electron chi connectivity index (χ4n) is 1.65. The molecule has 3 nitrogen and oxygen atoms in total. The summed E-state index contributed by atoms with van der Waals surface area (Å²) in [7, 11) is 0. The molecular weight excluding hydrogens is 164 g/mol. The Kier molecular flexibility index (Phi) is 2.10. The van der Waals surface area contributed by atoms with Gasteiger partial charge in [0.15, 0.2) is 0 Å². The number of rotatable bonds is 2. The molecule has 0 amide bonds. The van der Waals surface area contributed by atoms with Crippen LogP contribution >= 0.6 is 0 Å². The molecule has 1 heterocycles. The second kappa shape index (κ2) is 3.26. The summed E-state index contributed by atoms with van der Waals surface area (Å²) in [5.41, 5.74) is 3.63. The van der Waals surface area contributed by atoms with Gasteiger partial charge in [0.25, 0.3) is 0 Å². The number of hydrogen-bond acceptors (Lipinski definition) is 3. The number of β-amino-alcohol motifs (C(OH)–C–C–N with tert-alkyl or cyclic N) is 1. The molecule has 0 saturated carbocycles. The predicted molar refractivity (Wildman–Crippen MR) is 54.1 cm³/mol. The van der Waals surface area contributed by atoms with Crippen molar-refractivity contribution in [3.8, 4) is 0 Å². The summed E-state index contributed by atoms with van der Waals surface area (Å²) in [6, 6.07) is 6.32. The van der Waals surface area contributed by atoms with E-state index in [0.29, 0.717) is 6.54 Å². The molecule has 1 aliphatic heterocycles. The van der Waals surface area contributed by atoms with Crippen LogP contribution in [0.5, 0.6) is 0 Å². The van der Waals surface area contributed by atoms with E-state index in [4.69, 9.17) is 5.11 Å². The van der Waals surface area contributed by atoms with Crippen molar-refractivity contribution in [1.29, 1.82) is 0 Å². The highest BCUT2D eigenvalue weighted by molar-refractivity contribution is 5.75. The number of aryl methyl sites for hydroxylation is 1. The second-order valence-electron chi connectivity index (χ2n) is 3.34. The van der Waals surface area contributed by atoms with E-state index in [-0.39, 0.29) is 6.61 Å². The Bertz CT molecular complexity index is 312. The molecule has 1 aromatic carbocycles. The molecule has 0 aliphatic carbocycles. The summed E-state index contributed by atoms with van der Waals surface area (Å²) in [5.74, 6) is 0. The number of nitrogens with zero attached hydrogens (tertiary/aromatic N) is 1. The maximum atomic E-state index is 8.84. The minimum Gasteiger partial charge on any atom is -0.395 e. The molecule has 2 rings (SSSR count). The van der Waals surface area contributed by atoms with Gasteiger partial charge in [-0.25, -0.2) is 0 Å². The smallest absolute Gasteiger partial charge is 0.0878 e. The molecule has 0 atom stereocenters. The van der Waals surface area contributed by atoms with Gasteiger partial charge in [-0.05, 0) is 24.6 Å². The first-order chi connectivity index (χ1) is 6.31. The van der Waals surface area contributed by atoms with Gasteiger partial charge in [0.1, 0.15) is 0 Å². The van der Waals surface area contributed by atoms with Crippen LogP contribution in [0.15, 0.2) is 18.2 Å². The molecule has 3 heteroatoms. The van der Waals surface area contributed by atoms with Crippen molar-refractivity contribution in [2.24, 2.45) is 0 Å². The number of aliphatic hydroxyl groups excluding tert-OH is 1. The van der Waals surface area contributed by atoms with Gasteiger partial charge in [-0.2, -0.15) is 0 Å². The molecule has 0 spiro atoms. The first-order valence-corrected chi connectivity index (χ1v) is 4.51. The quantitative estimate of drug-likeness (QED) is 0.713. The van der Waals surface area contributed by atoms with E-state index in [1.165, 1.54) is 16.9 Å². The zero-order valence-electron chi connectivity index (χ0n) is 7.75. The Morgan fingerprint density at radius 3 is 3.15 bits per heavy atom. The minimum atomic E-state index is 0.203. The summed E-state index contributed by atoms with van der Waals surface area (Å²) in [4.78, 5) is 2.13. The van der Waals surface area contributed by atoms with E-state index < -0.39 is 0 Å². The zero-order valence-corrected chi connectivity index (χ0v) is 7.75. The van der Waals surface area contributed by atoms with Crippen molar-refractivity contribution in [2.75, 3.05) is 30.0 Å². The van der Waals surface area contributed by atoms with Crippen molar-refractivity contribution in [3.05, 3.63) is 23.8 Å². The fraction of sp³-hybridized carbons (Fsp3) is 0.400. The summed E-state index contributed by atoms with van der Waals surface area (Å²) in [6.45, 7) is 3.79. The second-order valence-corrected chi connectivity index (χ2v) is 3.34. The molecule has 1 aromatic rings. The largest absolute Gasteiger partial charge is 0.395 e. The van der Waals surface area contributed by atoms with Crippen LogP contribution in [0.1, 0.15) is 5.56 Å². The molecular formula is C10H14N2O. The summed E-state index contributed by atoms with van der Waals surface area (Å²) >= 11 is 0. The van der Waals surface area contributed by atoms with E-state index in [0.717, 1.165) is 6.67 Å². The molecule has 2 N–H and O–H groups in total. The van der Waals surface area contributed by atoms with Crippen molar-refractivity contribution >= 4 is 11.4 Å². The lowest BCUT2D eigenvalue weighted by molar-refractivity contribution is 0.303. The maximum absolute atomic E-state index is 8.84. The van der Waals surface area contributed by atoms with E-state index >= 15 is 0 Å². The average molecular weight is 178 g/mol. The lowest BCUT2D eigenvalue weighted by Crippen LogP contribution is -2.25. The van der Waals surface area contributed by atoms with Crippen LogP contribution in [-0.4, -0.2) is 24.9 Å². The van der Waals surface area contributed by atoms with Gasteiger partial charge in [-0.1, -0.05) is 6.07 Å². The first kappa shape index (κ1) is 8.38. The zero-order chi connectivity index (χ0) is 9.26. The van der Waals surface area contributed by atoms with Gasteiger partial charge >= 0.3 is 0 Å². The van der Waals surface area contributed by atoms with Crippen molar-refractivity contribution in [1.82, 2.24) is 0 Å². The van der Waals surface area contributed by atoms with Gasteiger partial charge < -0.3 is 15.3 Å². The van der Waals surface area contributed by atoms with E-state index in [9.17, 15) is 0 Å². The van der Waals surface area contributed by atoms with Gasteiger partial charge in [-0.3, -0.25) is 0 Å². The molecule has 0 aromatic heterocycles. The number of fused-ring (bicyclic) bond motifs is 1. The van der Waals surface area contributed by atoms with Gasteiger partial charge in [-0.15, -0.1) is 0 Å². The molecule has 0 unspecified atom stereocenters. The summed E-state index contributed by atoms with van der Waals surface area (Å²) in [6.07, 6.45) is 0. The van der Waals surface area contributed by atoms with Crippen LogP contribution in [0.2, 0.25) is 0 Å². The highest BCUT2D eigenvalue weighted by Gasteiger charge is 2.16. The normalized spacial score (nSPS) is 14.2. The maximum Gasteiger partial charge on any atom is 0.0878 e. The lowest BCUT2D eigenvalue weighted by Gasteiger charge is -2.15. The summed E-state index contributed by atoms with van der Waals surface area (Å²) in [5, 5.41) is 12.1. The number of benzene rings is 1. The number of nitrogens with one attached hydrogen (secondary N) is 1. The van der Waals surface area contributed by atoms with Crippen molar-refractivity contribution < 1.29 is 5.11 Å². The van der Waals surface area contributed by atoms with Gasteiger partial charge in [0.05, 0.1) is 24.7 Å². The highest BCUT2D eigenvalue weighted by Crippen LogP contribution is 2.31. The molecule has 13 heavy (non-hydrogen) atoms. The summed E-state index contributed by atoms with van der Waals surface area (Å²) < 4.78 is 0. The van der Waals surface area contributed by atoms with Crippen LogP contribution < -0.4 is 10.2 Å². The predicted octanol–water partition coefficient (Wildman–Crippen LogP) is 1.18. The third-order valence-corrected chi connectivity index (χ3v) is 2.32.